The van der Waals surface area contributed by atoms with E-state index in [-0.39, 0.29) is 11.8 Å². The van der Waals surface area contributed by atoms with E-state index in [4.69, 9.17) is 11.6 Å². The molecule has 0 aliphatic carbocycles. The Bertz CT molecular complexity index is 1040. The number of hydrogen-bond donors (Lipinski definition) is 2. The summed E-state index contributed by atoms with van der Waals surface area (Å²) in [6.45, 7) is 0.442. The lowest BCUT2D eigenvalue weighted by Crippen LogP contribution is -2.61. The Kier molecular flexibility index (Phi) is 3.69. The van der Waals surface area contributed by atoms with Crippen molar-refractivity contribution in [1.82, 2.24) is 10.2 Å². The number of rotatable bonds is 1. The van der Waals surface area contributed by atoms with Crippen molar-refractivity contribution >= 4 is 46.1 Å². The average Bonchev–Trinajstić information content (AvgIpc) is 3.23. The van der Waals surface area contributed by atoms with Crippen molar-refractivity contribution < 1.29 is 14.4 Å². The summed E-state index contributed by atoms with van der Waals surface area (Å²) in [7, 11) is 1.83. The van der Waals surface area contributed by atoms with Crippen molar-refractivity contribution in [3.05, 3.63) is 64.7 Å². The van der Waals surface area contributed by atoms with Crippen molar-refractivity contribution in [2.45, 2.75) is 16.2 Å². The largest absolute Gasteiger partial charge is 0.324 e. The van der Waals surface area contributed by atoms with Gasteiger partial charge < -0.3 is 5.32 Å². The molecule has 3 atom stereocenters. The molecule has 0 radical (unpaired) electrons. The Balaban J connectivity index is 1.81. The van der Waals surface area contributed by atoms with Crippen LogP contribution in [0.5, 0.6) is 0 Å². The van der Waals surface area contributed by atoms with Gasteiger partial charge in [0.1, 0.15) is 4.75 Å². The number of para-hydroxylation sites is 1. The fourth-order valence-corrected chi connectivity index (χ4v) is 6.54. The summed E-state index contributed by atoms with van der Waals surface area (Å²) in [6, 6.07) is 14.6. The Hall–Kier alpha value is -2.35. The van der Waals surface area contributed by atoms with Gasteiger partial charge in [-0.2, -0.15) is 0 Å². The highest BCUT2D eigenvalue weighted by atomic mass is 35.5. The predicted molar refractivity (Wildman–Crippen MR) is 107 cm³/mol. The zero-order valence-corrected chi connectivity index (χ0v) is 16.4. The number of carbonyl (C=O) groups excluding carboxylic acids is 3. The number of benzene rings is 2. The molecule has 3 aliphatic rings. The van der Waals surface area contributed by atoms with Crippen molar-refractivity contribution in [2.24, 2.45) is 0 Å². The molecule has 0 saturated carbocycles. The molecule has 0 aromatic heterocycles. The molecule has 2 aromatic rings. The van der Waals surface area contributed by atoms with Gasteiger partial charge in [-0.05, 0) is 42.6 Å². The molecule has 2 aromatic carbocycles. The molecule has 2 spiro atoms. The van der Waals surface area contributed by atoms with Crippen LogP contribution in [0.25, 0.3) is 0 Å². The van der Waals surface area contributed by atoms with E-state index in [1.165, 1.54) is 0 Å². The van der Waals surface area contributed by atoms with Crippen molar-refractivity contribution in [1.29, 1.82) is 0 Å². The summed E-state index contributed by atoms with van der Waals surface area (Å²) in [5, 5.41) is 5.51. The van der Waals surface area contributed by atoms with Crippen LogP contribution in [-0.2, 0) is 15.1 Å². The van der Waals surface area contributed by atoms with Gasteiger partial charge in [-0.3, -0.25) is 24.6 Å². The van der Waals surface area contributed by atoms with E-state index >= 15 is 0 Å². The highest BCUT2D eigenvalue weighted by Gasteiger charge is 2.77. The lowest BCUT2D eigenvalue weighted by molar-refractivity contribution is -0.133. The standard InChI is InChI=1S/C20H16ClN3O3S/c1-24-10-14(11-6-8-12(21)9-7-11)20(17(26)23-18(27)28-20)19(24)13-4-2-3-5-15(13)22-16(19)25/h2-9,14H,10H2,1H3,(H,22,25)(H,23,26,27)/t14-,19+,20-/m0/s1. The molecule has 28 heavy (non-hydrogen) atoms. The number of thioether (sulfide) groups is 1. The van der Waals surface area contributed by atoms with Gasteiger partial charge in [0.2, 0.25) is 5.91 Å². The first-order valence-electron chi connectivity index (χ1n) is 8.83. The maximum absolute atomic E-state index is 13.4. The fraction of sp³-hybridized carbons (Fsp3) is 0.250. The number of hydrogen-bond acceptors (Lipinski definition) is 5. The number of nitrogens with zero attached hydrogens (tertiary/aromatic N) is 1. The number of halogens is 1. The molecule has 0 bridgehead atoms. The van der Waals surface area contributed by atoms with Crippen LogP contribution in [0.1, 0.15) is 17.0 Å². The first-order chi connectivity index (χ1) is 13.4. The number of nitrogens with one attached hydrogen (secondary N) is 2. The minimum Gasteiger partial charge on any atom is -0.324 e. The molecule has 142 valence electrons. The summed E-state index contributed by atoms with van der Waals surface area (Å²) < 4.78 is -1.32. The average molecular weight is 414 g/mol. The molecule has 6 nitrogen and oxygen atoms in total. The number of carbonyl (C=O) groups is 3. The van der Waals surface area contributed by atoms with Gasteiger partial charge in [-0.25, -0.2) is 0 Å². The minimum atomic E-state index is -1.32. The predicted octanol–water partition coefficient (Wildman–Crippen LogP) is 2.94. The molecule has 3 heterocycles. The van der Waals surface area contributed by atoms with E-state index in [0.717, 1.165) is 22.9 Å². The Morgan fingerprint density at radius 1 is 1.04 bits per heavy atom. The van der Waals surface area contributed by atoms with Crippen LogP contribution in [0.4, 0.5) is 10.5 Å². The Labute approximate surface area is 170 Å². The minimum absolute atomic E-state index is 0.287. The molecule has 2 saturated heterocycles. The number of fused-ring (bicyclic) bond motifs is 3. The zero-order chi connectivity index (χ0) is 19.7. The Morgan fingerprint density at radius 3 is 2.43 bits per heavy atom. The first kappa shape index (κ1) is 17.7. The third kappa shape index (κ3) is 1.96. The van der Waals surface area contributed by atoms with Crippen LogP contribution < -0.4 is 10.6 Å². The molecule has 3 aliphatic heterocycles. The molecule has 0 unspecified atom stereocenters. The van der Waals surface area contributed by atoms with E-state index in [9.17, 15) is 14.4 Å². The van der Waals surface area contributed by atoms with Crippen LogP contribution in [0.3, 0.4) is 0 Å². The van der Waals surface area contributed by atoms with Crippen LogP contribution in [0.15, 0.2) is 48.5 Å². The second-order valence-electron chi connectivity index (χ2n) is 7.27. The van der Waals surface area contributed by atoms with Crippen LogP contribution in [0.2, 0.25) is 5.02 Å². The summed E-state index contributed by atoms with van der Waals surface area (Å²) in [4.78, 5) is 41.0. The van der Waals surface area contributed by atoms with Crippen molar-refractivity contribution in [3.63, 3.8) is 0 Å². The highest BCUT2D eigenvalue weighted by Crippen LogP contribution is 2.64. The molecule has 3 amide bonds. The van der Waals surface area contributed by atoms with Crippen LogP contribution in [-0.4, -0.2) is 40.3 Å². The van der Waals surface area contributed by atoms with Crippen molar-refractivity contribution in [3.8, 4) is 0 Å². The van der Waals surface area contributed by atoms with E-state index in [1.807, 2.05) is 48.3 Å². The maximum Gasteiger partial charge on any atom is 0.286 e. The fourth-order valence-electron chi connectivity index (χ4n) is 4.97. The lowest BCUT2D eigenvalue weighted by Gasteiger charge is -2.41. The van der Waals surface area contributed by atoms with Crippen LogP contribution in [0, 0.1) is 0 Å². The third-order valence-electron chi connectivity index (χ3n) is 6.03. The summed E-state index contributed by atoms with van der Waals surface area (Å²) in [5.74, 6) is -1.09. The smallest absolute Gasteiger partial charge is 0.286 e. The summed E-state index contributed by atoms with van der Waals surface area (Å²) in [5.41, 5.74) is 0.969. The third-order valence-corrected chi connectivity index (χ3v) is 7.66. The monoisotopic (exact) mass is 413 g/mol. The molecule has 2 N–H and O–H groups in total. The first-order valence-corrected chi connectivity index (χ1v) is 10.0. The summed E-state index contributed by atoms with van der Waals surface area (Å²) in [6.07, 6.45) is 0. The topological polar surface area (TPSA) is 78.5 Å². The molecule has 2 fully saturated rings. The van der Waals surface area contributed by atoms with E-state index in [1.54, 1.807) is 12.1 Å². The second-order valence-corrected chi connectivity index (χ2v) is 8.93. The van der Waals surface area contributed by atoms with Gasteiger partial charge in [0.25, 0.3) is 11.1 Å². The normalized spacial score (nSPS) is 31.5. The molecule has 5 rings (SSSR count). The van der Waals surface area contributed by atoms with Gasteiger partial charge in [-0.15, -0.1) is 0 Å². The van der Waals surface area contributed by atoms with Crippen LogP contribution >= 0.6 is 23.4 Å². The lowest BCUT2D eigenvalue weighted by atomic mass is 9.72. The number of imide groups is 1. The number of likely N-dealkylation sites (N-methyl/N-ethyl adjacent to an activating group) is 1. The SMILES string of the molecule is CN1C[C@@H](c2ccc(Cl)cc2)[C@@]2(SC(=O)NC2=O)[C@@]12C(=O)Nc1ccccc12. The quantitative estimate of drug-likeness (QED) is 0.751. The van der Waals surface area contributed by atoms with E-state index in [2.05, 4.69) is 10.6 Å². The number of amides is 3. The van der Waals surface area contributed by atoms with Gasteiger partial charge in [0.05, 0.1) is 0 Å². The van der Waals surface area contributed by atoms with Crippen molar-refractivity contribution in [2.75, 3.05) is 18.9 Å². The van der Waals surface area contributed by atoms with Gasteiger partial charge in [0, 0.05) is 28.7 Å². The van der Waals surface area contributed by atoms with Gasteiger partial charge in [0.15, 0.2) is 5.54 Å². The molecular weight excluding hydrogens is 398 g/mol. The van der Waals surface area contributed by atoms with E-state index < -0.39 is 21.4 Å². The maximum atomic E-state index is 13.4. The van der Waals surface area contributed by atoms with Gasteiger partial charge >= 0.3 is 0 Å². The zero-order valence-electron chi connectivity index (χ0n) is 14.9. The number of anilines is 1. The van der Waals surface area contributed by atoms with E-state index in [0.29, 0.717) is 17.3 Å². The highest BCUT2D eigenvalue weighted by molar-refractivity contribution is 8.16. The van der Waals surface area contributed by atoms with Gasteiger partial charge in [-0.1, -0.05) is 41.9 Å². The molecular formula is C20H16ClN3O3S. The second kappa shape index (κ2) is 5.83. The summed E-state index contributed by atoms with van der Waals surface area (Å²) >= 11 is 6.97. The molecule has 8 heteroatoms. The number of likely N-dealkylation sites (tertiary alicyclic amines) is 1. The Morgan fingerprint density at radius 2 is 1.75 bits per heavy atom.